The molecule has 2 fully saturated rings. The van der Waals surface area contributed by atoms with Crippen LogP contribution in [-0.2, 0) is 24.4 Å². The summed E-state index contributed by atoms with van der Waals surface area (Å²) in [6.07, 6.45) is 7.66. The van der Waals surface area contributed by atoms with E-state index in [4.69, 9.17) is 9.15 Å². The molecule has 6 rings (SSSR count). The highest BCUT2D eigenvalue weighted by Gasteiger charge is 2.36. The standard InChI is InChI=1S/C30H37N7O5/c1-19-25-7-8-36(12-21(25)5-6-27(19)41-16-24-11-31-18-42-24)15-23(38)10-32-29(39)26-9-28(34-17-33-26)35-22-13-37(14-22)30(40)20-3-2-4-20/h5-6,9,11,17-18,20,22-23,38H,2-4,7-8,10,12-16H2,1H3,(H,32,39)(H,33,34,35)/t23-/m0/s1. The van der Waals surface area contributed by atoms with Crippen LogP contribution in [0.15, 0.2) is 41.5 Å². The Hall–Kier alpha value is -4.03. The third-order valence-corrected chi connectivity index (χ3v) is 8.44. The second-order valence-corrected chi connectivity index (χ2v) is 11.4. The van der Waals surface area contributed by atoms with Crippen LogP contribution in [0, 0.1) is 12.8 Å². The van der Waals surface area contributed by atoms with Gasteiger partial charge in [0.25, 0.3) is 5.91 Å². The second-order valence-electron chi connectivity index (χ2n) is 11.4. The number of benzene rings is 1. The first-order valence-corrected chi connectivity index (χ1v) is 14.6. The quantitative estimate of drug-likeness (QED) is 0.310. The summed E-state index contributed by atoms with van der Waals surface area (Å²) in [7, 11) is 0. The second kappa shape index (κ2) is 12.5. The molecular formula is C30H37N7O5. The zero-order valence-corrected chi connectivity index (χ0v) is 23.8. The fourth-order valence-electron chi connectivity index (χ4n) is 5.75. The summed E-state index contributed by atoms with van der Waals surface area (Å²) in [6, 6.07) is 5.77. The first-order chi connectivity index (χ1) is 20.4. The number of amides is 2. The molecule has 42 heavy (non-hydrogen) atoms. The van der Waals surface area contributed by atoms with E-state index < -0.39 is 6.10 Å². The number of ether oxygens (including phenoxy) is 1. The lowest BCUT2D eigenvalue weighted by Crippen LogP contribution is -2.59. The molecule has 222 valence electrons. The first-order valence-electron chi connectivity index (χ1n) is 14.6. The van der Waals surface area contributed by atoms with E-state index >= 15 is 0 Å². The zero-order valence-electron chi connectivity index (χ0n) is 23.8. The minimum absolute atomic E-state index is 0.110. The van der Waals surface area contributed by atoms with Crippen LogP contribution in [0.1, 0.15) is 52.2 Å². The maximum atomic E-state index is 12.8. The number of aliphatic hydroxyl groups is 1. The summed E-state index contributed by atoms with van der Waals surface area (Å²) in [5.74, 6) is 2.14. The van der Waals surface area contributed by atoms with E-state index in [-0.39, 0.29) is 36.0 Å². The van der Waals surface area contributed by atoms with Gasteiger partial charge in [0.05, 0.1) is 18.3 Å². The van der Waals surface area contributed by atoms with Crippen molar-refractivity contribution in [2.24, 2.45) is 5.92 Å². The van der Waals surface area contributed by atoms with E-state index in [1.807, 2.05) is 11.0 Å². The molecular weight excluding hydrogens is 538 g/mol. The zero-order chi connectivity index (χ0) is 29.1. The molecule has 0 radical (unpaired) electrons. The van der Waals surface area contributed by atoms with E-state index in [1.165, 1.54) is 23.8 Å². The minimum atomic E-state index is -0.727. The van der Waals surface area contributed by atoms with Crippen molar-refractivity contribution in [2.75, 3.05) is 38.0 Å². The van der Waals surface area contributed by atoms with Gasteiger partial charge in [0.1, 0.15) is 30.2 Å². The monoisotopic (exact) mass is 575 g/mol. The van der Waals surface area contributed by atoms with Crippen molar-refractivity contribution < 1.29 is 23.8 Å². The number of rotatable bonds is 11. The summed E-state index contributed by atoms with van der Waals surface area (Å²) < 4.78 is 11.2. The maximum Gasteiger partial charge on any atom is 0.270 e. The fraction of sp³-hybridized carbons (Fsp3) is 0.500. The van der Waals surface area contributed by atoms with Crippen LogP contribution in [0.5, 0.6) is 5.75 Å². The average Bonchev–Trinajstić information content (AvgIpc) is 3.46. The summed E-state index contributed by atoms with van der Waals surface area (Å²) in [5.41, 5.74) is 3.84. The molecule has 3 aliphatic rings. The number of β-amino-alcohol motifs (C(OH)–C–C–N with tert-alkyl or cyclic N) is 1. The van der Waals surface area contributed by atoms with Crippen molar-refractivity contribution in [1.29, 1.82) is 0 Å². The molecule has 0 spiro atoms. The van der Waals surface area contributed by atoms with E-state index in [0.717, 1.165) is 50.1 Å². The van der Waals surface area contributed by atoms with Gasteiger partial charge in [-0.3, -0.25) is 14.5 Å². The molecule has 1 aliphatic carbocycles. The Balaban J connectivity index is 0.941. The fourth-order valence-corrected chi connectivity index (χ4v) is 5.75. The van der Waals surface area contributed by atoms with Gasteiger partial charge in [-0.25, -0.2) is 15.0 Å². The molecule has 1 saturated heterocycles. The number of anilines is 1. The van der Waals surface area contributed by atoms with Crippen LogP contribution < -0.4 is 15.4 Å². The van der Waals surface area contributed by atoms with Gasteiger partial charge >= 0.3 is 0 Å². The Morgan fingerprint density at radius 3 is 2.86 bits per heavy atom. The number of hydrogen-bond acceptors (Lipinski definition) is 10. The lowest BCUT2D eigenvalue weighted by molar-refractivity contribution is -0.142. The largest absolute Gasteiger partial charge is 0.485 e. The van der Waals surface area contributed by atoms with Gasteiger partial charge in [0.2, 0.25) is 5.91 Å². The predicted molar refractivity (Wildman–Crippen MR) is 153 cm³/mol. The van der Waals surface area contributed by atoms with Gasteiger partial charge in [-0.15, -0.1) is 0 Å². The van der Waals surface area contributed by atoms with Crippen molar-refractivity contribution >= 4 is 17.6 Å². The van der Waals surface area contributed by atoms with Gasteiger partial charge in [0, 0.05) is 51.3 Å². The van der Waals surface area contributed by atoms with Crippen molar-refractivity contribution in [2.45, 2.75) is 57.9 Å². The van der Waals surface area contributed by atoms with Crippen LogP contribution in [0.25, 0.3) is 0 Å². The Labute approximate surface area is 244 Å². The summed E-state index contributed by atoms with van der Waals surface area (Å²) >= 11 is 0. The topological polar surface area (TPSA) is 146 Å². The van der Waals surface area contributed by atoms with Gasteiger partial charge in [-0.05, 0) is 48.9 Å². The summed E-state index contributed by atoms with van der Waals surface area (Å²) in [4.78, 5) is 41.4. The molecule has 2 amide bonds. The molecule has 1 aromatic carbocycles. The molecule has 3 N–H and O–H groups in total. The lowest BCUT2D eigenvalue weighted by Gasteiger charge is -2.43. The molecule has 1 saturated carbocycles. The molecule has 12 heteroatoms. The molecule has 4 heterocycles. The van der Waals surface area contributed by atoms with Crippen LogP contribution in [0.2, 0.25) is 0 Å². The number of nitrogens with one attached hydrogen (secondary N) is 2. The number of carbonyl (C=O) groups excluding carboxylic acids is 2. The summed E-state index contributed by atoms with van der Waals surface area (Å²) in [5, 5.41) is 16.8. The van der Waals surface area contributed by atoms with E-state index in [0.29, 0.717) is 37.8 Å². The molecule has 1 atom stereocenters. The van der Waals surface area contributed by atoms with Crippen LogP contribution in [0.3, 0.4) is 0 Å². The minimum Gasteiger partial charge on any atom is -0.485 e. The molecule has 2 aliphatic heterocycles. The molecule has 2 aromatic heterocycles. The van der Waals surface area contributed by atoms with Crippen LogP contribution in [-0.4, -0.2) is 86.5 Å². The average molecular weight is 576 g/mol. The molecule has 0 unspecified atom stereocenters. The van der Waals surface area contributed by atoms with Crippen LogP contribution in [0.4, 0.5) is 5.82 Å². The third-order valence-electron chi connectivity index (χ3n) is 8.44. The van der Waals surface area contributed by atoms with Gasteiger partial charge < -0.3 is 29.8 Å². The van der Waals surface area contributed by atoms with Crippen molar-refractivity contribution in [3.05, 3.63) is 65.3 Å². The number of likely N-dealkylation sites (tertiary alicyclic amines) is 1. The van der Waals surface area contributed by atoms with Gasteiger partial charge in [-0.1, -0.05) is 12.5 Å². The predicted octanol–water partition coefficient (Wildman–Crippen LogP) is 1.92. The smallest absolute Gasteiger partial charge is 0.270 e. The number of oxazole rings is 1. The van der Waals surface area contributed by atoms with E-state index in [1.54, 1.807) is 12.3 Å². The highest BCUT2D eigenvalue weighted by molar-refractivity contribution is 5.92. The van der Waals surface area contributed by atoms with Gasteiger partial charge in [-0.2, -0.15) is 0 Å². The van der Waals surface area contributed by atoms with Crippen molar-refractivity contribution in [3.63, 3.8) is 0 Å². The molecule has 3 aromatic rings. The maximum absolute atomic E-state index is 12.8. The Bertz CT molecular complexity index is 1410. The Morgan fingerprint density at radius 2 is 2.10 bits per heavy atom. The normalized spacial score (nSPS) is 18.0. The van der Waals surface area contributed by atoms with Crippen molar-refractivity contribution in [3.8, 4) is 5.75 Å². The number of aliphatic hydroxyl groups excluding tert-OH is 1. The SMILES string of the molecule is Cc1c(OCc2cnco2)ccc2c1CCN(C[C@@H](O)CNC(=O)c1cc(NC3CN(C(=O)C4CCC4)C3)ncn1)C2. The summed E-state index contributed by atoms with van der Waals surface area (Å²) in [6.45, 7) is 5.77. The lowest BCUT2D eigenvalue weighted by atomic mass is 9.83. The highest BCUT2D eigenvalue weighted by Crippen LogP contribution is 2.31. The molecule has 0 bridgehead atoms. The third kappa shape index (κ3) is 6.39. The van der Waals surface area contributed by atoms with Gasteiger partial charge in [0.15, 0.2) is 12.2 Å². The Morgan fingerprint density at radius 1 is 1.24 bits per heavy atom. The number of nitrogens with zero attached hydrogens (tertiary/aromatic N) is 5. The van der Waals surface area contributed by atoms with E-state index in [2.05, 4.69) is 43.5 Å². The Kier molecular flexibility index (Phi) is 8.34. The number of fused-ring (bicyclic) bond motifs is 1. The van der Waals surface area contributed by atoms with Crippen molar-refractivity contribution in [1.82, 2.24) is 30.1 Å². The highest BCUT2D eigenvalue weighted by atomic mass is 16.5. The van der Waals surface area contributed by atoms with E-state index in [9.17, 15) is 14.7 Å². The number of aromatic nitrogens is 3. The molecule has 12 nitrogen and oxygen atoms in total. The first kappa shape index (κ1) is 28.1. The van der Waals surface area contributed by atoms with Crippen LogP contribution >= 0.6 is 0 Å². The number of hydrogen-bond donors (Lipinski definition) is 3. The number of carbonyl (C=O) groups is 2.